The van der Waals surface area contributed by atoms with E-state index in [1.165, 1.54) is 12.8 Å². The molecule has 1 aliphatic rings. The van der Waals surface area contributed by atoms with E-state index in [0.717, 1.165) is 29.7 Å². The standard InChI is InChI=1S/C22H23Cl2N3O2/c1-13-3-5-18(6-4-13)27-12-15-9-20(21(29-2)11-19(15)26-27)25-22(28)14-7-16(23)10-17(24)8-14/h7-13,18H,3-6H2,1-2H3,(H,25,28). The highest BCUT2D eigenvalue weighted by atomic mass is 35.5. The molecule has 0 unspecified atom stereocenters. The minimum absolute atomic E-state index is 0.305. The van der Waals surface area contributed by atoms with Crippen molar-refractivity contribution in [3.8, 4) is 5.75 Å². The van der Waals surface area contributed by atoms with Crippen LogP contribution in [0.5, 0.6) is 5.75 Å². The van der Waals surface area contributed by atoms with Crippen molar-refractivity contribution in [2.24, 2.45) is 5.92 Å². The van der Waals surface area contributed by atoms with Crippen LogP contribution in [0, 0.1) is 5.92 Å². The maximum Gasteiger partial charge on any atom is 0.255 e. The first-order valence-electron chi connectivity index (χ1n) is 9.77. The van der Waals surface area contributed by atoms with Gasteiger partial charge < -0.3 is 10.1 Å². The van der Waals surface area contributed by atoms with Crippen molar-refractivity contribution >= 4 is 45.7 Å². The largest absolute Gasteiger partial charge is 0.494 e. The van der Waals surface area contributed by atoms with Crippen LogP contribution < -0.4 is 10.1 Å². The summed E-state index contributed by atoms with van der Waals surface area (Å²) in [7, 11) is 1.58. The Morgan fingerprint density at radius 2 is 1.79 bits per heavy atom. The van der Waals surface area contributed by atoms with E-state index in [1.54, 1.807) is 25.3 Å². The van der Waals surface area contributed by atoms with E-state index < -0.39 is 0 Å². The summed E-state index contributed by atoms with van der Waals surface area (Å²) in [6, 6.07) is 8.93. The Hall–Kier alpha value is -2.24. The molecule has 1 saturated carbocycles. The number of nitrogens with one attached hydrogen (secondary N) is 1. The minimum atomic E-state index is -0.305. The van der Waals surface area contributed by atoms with Crippen molar-refractivity contribution in [1.82, 2.24) is 9.78 Å². The first-order chi connectivity index (χ1) is 13.9. The van der Waals surface area contributed by atoms with Crippen LogP contribution in [0.1, 0.15) is 49.0 Å². The van der Waals surface area contributed by atoms with E-state index in [9.17, 15) is 4.79 Å². The molecule has 1 N–H and O–H groups in total. The van der Waals surface area contributed by atoms with Gasteiger partial charge in [-0.3, -0.25) is 9.48 Å². The molecule has 1 heterocycles. The van der Waals surface area contributed by atoms with Gasteiger partial charge in [-0.15, -0.1) is 0 Å². The molecule has 3 aromatic rings. The third-order valence-corrected chi connectivity index (χ3v) is 6.01. The second kappa shape index (κ2) is 8.25. The number of ether oxygens (including phenoxy) is 1. The molecule has 152 valence electrons. The molecule has 2 aromatic carbocycles. The number of rotatable bonds is 4. The Labute approximate surface area is 179 Å². The van der Waals surface area contributed by atoms with E-state index in [1.807, 2.05) is 12.1 Å². The number of anilines is 1. The molecular formula is C22H23Cl2N3O2. The molecule has 1 fully saturated rings. The van der Waals surface area contributed by atoms with Crippen LogP contribution in [-0.2, 0) is 0 Å². The number of fused-ring (bicyclic) bond motifs is 1. The molecule has 1 aliphatic carbocycles. The number of nitrogens with zero attached hydrogens (tertiary/aromatic N) is 2. The van der Waals surface area contributed by atoms with Crippen molar-refractivity contribution in [1.29, 1.82) is 0 Å². The zero-order valence-electron chi connectivity index (χ0n) is 16.4. The normalized spacial score (nSPS) is 19.3. The summed E-state index contributed by atoms with van der Waals surface area (Å²) in [5, 5.41) is 9.44. The van der Waals surface area contributed by atoms with E-state index in [-0.39, 0.29) is 5.91 Å². The zero-order valence-corrected chi connectivity index (χ0v) is 17.9. The lowest BCUT2D eigenvalue weighted by molar-refractivity contribution is 0.102. The van der Waals surface area contributed by atoms with Gasteiger partial charge >= 0.3 is 0 Å². The summed E-state index contributed by atoms with van der Waals surface area (Å²) in [6.45, 7) is 2.31. The van der Waals surface area contributed by atoms with Crippen LogP contribution >= 0.6 is 23.2 Å². The number of methoxy groups -OCH3 is 1. The molecule has 0 saturated heterocycles. The average Bonchev–Trinajstić information content (AvgIpc) is 3.10. The first-order valence-corrected chi connectivity index (χ1v) is 10.5. The number of halogens is 2. The van der Waals surface area contributed by atoms with Gasteiger partial charge in [0, 0.05) is 33.3 Å². The predicted octanol–water partition coefficient (Wildman–Crippen LogP) is 6.36. The van der Waals surface area contributed by atoms with Crippen molar-refractivity contribution in [2.45, 2.75) is 38.6 Å². The average molecular weight is 432 g/mol. The van der Waals surface area contributed by atoms with Gasteiger partial charge in [-0.05, 0) is 55.9 Å². The summed E-state index contributed by atoms with van der Waals surface area (Å²) in [4.78, 5) is 12.7. The summed E-state index contributed by atoms with van der Waals surface area (Å²) in [5.41, 5.74) is 1.82. The smallest absolute Gasteiger partial charge is 0.255 e. The molecule has 0 radical (unpaired) electrons. The van der Waals surface area contributed by atoms with Crippen LogP contribution in [0.15, 0.2) is 36.5 Å². The Morgan fingerprint density at radius 1 is 1.10 bits per heavy atom. The quantitative estimate of drug-likeness (QED) is 0.522. The van der Waals surface area contributed by atoms with Gasteiger partial charge in [0.1, 0.15) is 5.75 Å². The molecule has 0 spiro atoms. The van der Waals surface area contributed by atoms with Crippen molar-refractivity contribution in [2.75, 3.05) is 12.4 Å². The maximum absolute atomic E-state index is 12.7. The van der Waals surface area contributed by atoms with E-state index in [2.05, 4.69) is 23.1 Å². The van der Waals surface area contributed by atoms with Gasteiger partial charge in [0.05, 0.1) is 24.4 Å². The molecule has 0 bridgehead atoms. The molecule has 1 amide bonds. The number of aromatic nitrogens is 2. The van der Waals surface area contributed by atoms with E-state index in [0.29, 0.717) is 33.1 Å². The molecule has 7 heteroatoms. The lowest BCUT2D eigenvalue weighted by atomic mass is 9.87. The predicted molar refractivity (Wildman–Crippen MR) is 117 cm³/mol. The fraction of sp³-hybridized carbons (Fsp3) is 0.364. The highest BCUT2D eigenvalue weighted by Crippen LogP contribution is 2.35. The number of benzene rings is 2. The van der Waals surface area contributed by atoms with Gasteiger partial charge in [-0.1, -0.05) is 30.1 Å². The molecule has 0 aliphatic heterocycles. The Kier molecular flexibility index (Phi) is 5.70. The van der Waals surface area contributed by atoms with Gasteiger partial charge in [0.2, 0.25) is 0 Å². The van der Waals surface area contributed by atoms with Crippen LogP contribution in [0.25, 0.3) is 10.9 Å². The second-order valence-electron chi connectivity index (χ2n) is 7.75. The molecular weight excluding hydrogens is 409 g/mol. The van der Waals surface area contributed by atoms with Crippen LogP contribution in [0.4, 0.5) is 5.69 Å². The number of carbonyl (C=O) groups excluding carboxylic acids is 1. The van der Waals surface area contributed by atoms with Gasteiger partial charge in [-0.2, -0.15) is 5.10 Å². The lowest BCUT2D eigenvalue weighted by Gasteiger charge is -2.26. The highest BCUT2D eigenvalue weighted by Gasteiger charge is 2.21. The number of hydrogen-bond acceptors (Lipinski definition) is 3. The van der Waals surface area contributed by atoms with Crippen LogP contribution in [-0.4, -0.2) is 22.8 Å². The van der Waals surface area contributed by atoms with Gasteiger partial charge in [0.15, 0.2) is 0 Å². The maximum atomic E-state index is 12.7. The Morgan fingerprint density at radius 3 is 2.45 bits per heavy atom. The van der Waals surface area contributed by atoms with Crippen molar-refractivity contribution < 1.29 is 9.53 Å². The van der Waals surface area contributed by atoms with E-state index in [4.69, 9.17) is 33.0 Å². The lowest BCUT2D eigenvalue weighted by Crippen LogP contribution is -2.16. The van der Waals surface area contributed by atoms with Gasteiger partial charge in [-0.25, -0.2) is 0 Å². The third-order valence-electron chi connectivity index (χ3n) is 5.58. The number of hydrogen-bond donors (Lipinski definition) is 1. The monoisotopic (exact) mass is 431 g/mol. The highest BCUT2D eigenvalue weighted by molar-refractivity contribution is 6.35. The number of amides is 1. The summed E-state index contributed by atoms with van der Waals surface area (Å²) >= 11 is 12.0. The Bertz CT molecular complexity index is 1040. The summed E-state index contributed by atoms with van der Waals surface area (Å²) in [5.74, 6) is 1.04. The number of carbonyl (C=O) groups is 1. The fourth-order valence-electron chi connectivity index (χ4n) is 3.91. The second-order valence-corrected chi connectivity index (χ2v) is 8.62. The zero-order chi connectivity index (χ0) is 20.5. The molecule has 0 atom stereocenters. The topological polar surface area (TPSA) is 56.1 Å². The summed E-state index contributed by atoms with van der Waals surface area (Å²) < 4.78 is 7.56. The van der Waals surface area contributed by atoms with E-state index >= 15 is 0 Å². The molecule has 29 heavy (non-hydrogen) atoms. The first kappa shape index (κ1) is 20.0. The third kappa shape index (κ3) is 4.36. The van der Waals surface area contributed by atoms with Crippen LogP contribution in [0.2, 0.25) is 10.0 Å². The Balaban J connectivity index is 1.62. The summed E-state index contributed by atoms with van der Waals surface area (Å²) in [6.07, 6.45) is 6.81. The van der Waals surface area contributed by atoms with Crippen molar-refractivity contribution in [3.63, 3.8) is 0 Å². The van der Waals surface area contributed by atoms with Crippen molar-refractivity contribution in [3.05, 3.63) is 52.1 Å². The van der Waals surface area contributed by atoms with Gasteiger partial charge in [0.25, 0.3) is 5.91 Å². The molecule has 1 aromatic heterocycles. The SMILES string of the molecule is COc1cc2nn(C3CCC(C)CC3)cc2cc1NC(=O)c1cc(Cl)cc(Cl)c1. The molecule has 5 nitrogen and oxygen atoms in total. The fourth-order valence-corrected chi connectivity index (χ4v) is 4.44. The van der Waals surface area contributed by atoms with Crippen LogP contribution in [0.3, 0.4) is 0 Å². The minimum Gasteiger partial charge on any atom is -0.494 e. The molecule has 4 rings (SSSR count).